The van der Waals surface area contributed by atoms with Gasteiger partial charge in [-0.2, -0.15) is 0 Å². The van der Waals surface area contributed by atoms with E-state index in [-0.39, 0.29) is 10.6 Å². The first kappa shape index (κ1) is 13.9. The third-order valence-electron chi connectivity index (χ3n) is 2.83. The van der Waals surface area contributed by atoms with Crippen molar-refractivity contribution in [2.75, 3.05) is 14.2 Å². The summed E-state index contributed by atoms with van der Waals surface area (Å²) in [5.41, 5.74) is 1.96. The maximum atomic E-state index is 12.9. The Hall–Kier alpha value is -1.55. The predicted octanol–water partition coefficient (Wildman–Crippen LogP) is 4.33. The summed E-state index contributed by atoms with van der Waals surface area (Å²) in [5, 5.41) is 0. The molecule has 2 aromatic carbocycles. The van der Waals surface area contributed by atoms with Gasteiger partial charge >= 0.3 is 0 Å². The molecule has 0 aliphatic rings. The molecule has 0 heterocycles. The van der Waals surface area contributed by atoms with Crippen LogP contribution in [0.1, 0.15) is 16.0 Å². The molecular weight excluding hydrogens is 311 g/mol. The summed E-state index contributed by atoms with van der Waals surface area (Å²) in [7, 11) is 3.22. The van der Waals surface area contributed by atoms with Crippen LogP contribution in [0.15, 0.2) is 42.5 Å². The Bertz CT molecular complexity index is 532. The van der Waals surface area contributed by atoms with Gasteiger partial charge in [0.05, 0.1) is 19.0 Å². The normalized spacial score (nSPS) is 12.0. The highest BCUT2D eigenvalue weighted by Crippen LogP contribution is 2.35. The van der Waals surface area contributed by atoms with Crippen molar-refractivity contribution in [3.63, 3.8) is 0 Å². The van der Waals surface area contributed by atoms with E-state index in [9.17, 15) is 4.39 Å². The van der Waals surface area contributed by atoms with E-state index < -0.39 is 0 Å². The van der Waals surface area contributed by atoms with Crippen molar-refractivity contribution in [3.05, 3.63) is 59.4 Å². The van der Waals surface area contributed by atoms with E-state index in [0.717, 1.165) is 22.6 Å². The van der Waals surface area contributed by atoms with E-state index in [4.69, 9.17) is 9.47 Å². The van der Waals surface area contributed by atoms with E-state index in [2.05, 4.69) is 15.9 Å². The molecule has 19 heavy (non-hydrogen) atoms. The van der Waals surface area contributed by atoms with Crippen LogP contribution in [-0.4, -0.2) is 14.2 Å². The third kappa shape index (κ3) is 3.26. The van der Waals surface area contributed by atoms with Crippen LogP contribution in [-0.2, 0) is 0 Å². The van der Waals surface area contributed by atoms with Gasteiger partial charge in [0.2, 0.25) is 0 Å². The molecular formula is C15H14BrFO2. The molecule has 0 aliphatic carbocycles. The molecule has 0 N–H and O–H groups in total. The molecule has 0 aromatic heterocycles. The van der Waals surface area contributed by atoms with Gasteiger partial charge < -0.3 is 9.47 Å². The van der Waals surface area contributed by atoms with Crippen LogP contribution in [0, 0.1) is 5.82 Å². The molecule has 0 radical (unpaired) electrons. The molecule has 0 saturated carbocycles. The van der Waals surface area contributed by atoms with Crippen LogP contribution in [0.2, 0.25) is 0 Å². The van der Waals surface area contributed by atoms with E-state index in [1.165, 1.54) is 12.1 Å². The second-order valence-electron chi connectivity index (χ2n) is 4.06. The van der Waals surface area contributed by atoms with Crippen LogP contribution in [0.3, 0.4) is 0 Å². The van der Waals surface area contributed by atoms with E-state index >= 15 is 0 Å². The maximum Gasteiger partial charge on any atom is 0.123 e. The molecule has 0 bridgehead atoms. The van der Waals surface area contributed by atoms with Gasteiger partial charge in [0.1, 0.15) is 17.3 Å². The van der Waals surface area contributed by atoms with E-state index in [0.29, 0.717) is 0 Å². The number of alkyl halides is 1. The summed E-state index contributed by atoms with van der Waals surface area (Å²) in [6.07, 6.45) is 0. The summed E-state index contributed by atoms with van der Waals surface area (Å²) in [6, 6.07) is 12.0. The topological polar surface area (TPSA) is 18.5 Å². The molecule has 2 rings (SSSR count). The van der Waals surface area contributed by atoms with Crippen LogP contribution in [0.25, 0.3) is 0 Å². The lowest BCUT2D eigenvalue weighted by Crippen LogP contribution is -1.96. The maximum absolute atomic E-state index is 12.9. The highest BCUT2D eigenvalue weighted by atomic mass is 79.9. The van der Waals surface area contributed by atoms with Gasteiger partial charge in [-0.15, -0.1) is 0 Å². The zero-order valence-corrected chi connectivity index (χ0v) is 12.3. The summed E-state index contributed by atoms with van der Waals surface area (Å²) in [4.78, 5) is -0.0444. The molecule has 0 saturated heterocycles. The monoisotopic (exact) mass is 324 g/mol. The minimum Gasteiger partial charge on any atom is -0.497 e. The Kier molecular flexibility index (Phi) is 4.43. The molecule has 0 amide bonds. The second kappa shape index (κ2) is 6.06. The largest absolute Gasteiger partial charge is 0.497 e. The molecule has 0 fully saturated rings. The quantitative estimate of drug-likeness (QED) is 0.779. The SMILES string of the molecule is COc1cc(OC)cc(C(Br)c2ccc(F)cc2)c1. The lowest BCUT2D eigenvalue weighted by molar-refractivity contribution is 0.393. The molecule has 2 nitrogen and oxygen atoms in total. The number of halogens is 2. The van der Waals surface area contributed by atoms with Gasteiger partial charge in [0.15, 0.2) is 0 Å². The summed E-state index contributed by atoms with van der Waals surface area (Å²) >= 11 is 3.61. The van der Waals surface area contributed by atoms with Gasteiger partial charge in [-0.1, -0.05) is 28.1 Å². The summed E-state index contributed by atoms with van der Waals surface area (Å²) in [5.74, 6) is 1.20. The minimum absolute atomic E-state index is 0.0444. The number of rotatable bonds is 4. The van der Waals surface area contributed by atoms with Gasteiger partial charge in [-0.3, -0.25) is 0 Å². The zero-order valence-electron chi connectivity index (χ0n) is 10.7. The van der Waals surface area contributed by atoms with Gasteiger partial charge in [-0.25, -0.2) is 4.39 Å². The van der Waals surface area contributed by atoms with E-state index in [1.807, 2.05) is 18.2 Å². The Morgan fingerprint density at radius 1 is 0.895 bits per heavy atom. The van der Waals surface area contributed by atoms with Crippen LogP contribution >= 0.6 is 15.9 Å². The molecule has 4 heteroatoms. The van der Waals surface area contributed by atoms with Gasteiger partial charge in [0, 0.05) is 6.07 Å². The first-order chi connectivity index (χ1) is 9.13. The van der Waals surface area contributed by atoms with Crippen molar-refractivity contribution in [2.24, 2.45) is 0 Å². The predicted molar refractivity (Wildman–Crippen MR) is 76.7 cm³/mol. The number of benzene rings is 2. The summed E-state index contributed by atoms with van der Waals surface area (Å²) < 4.78 is 23.4. The number of methoxy groups -OCH3 is 2. The molecule has 0 spiro atoms. The Morgan fingerprint density at radius 3 is 1.89 bits per heavy atom. The number of ether oxygens (including phenoxy) is 2. The lowest BCUT2D eigenvalue weighted by atomic mass is 10.0. The first-order valence-corrected chi connectivity index (χ1v) is 6.68. The Morgan fingerprint density at radius 2 is 1.42 bits per heavy atom. The number of hydrogen-bond donors (Lipinski definition) is 0. The van der Waals surface area contributed by atoms with Crippen molar-refractivity contribution in [1.29, 1.82) is 0 Å². The fourth-order valence-electron chi connectivity index (χ4n) is 1.80. The summed E-state index contributed by atoms with van der Waals surface area (Å²) in [6.45, 7) is 0. The number of hydrogen-bond acceptors (Lipinski definition) is 2. The molecule has 0 aliphatic heterocycles. The first-order valence-electron chi connectivity index (χ1n) is 5.76. The molecule has 100 valence electrons. The standard InChI is InChI=1S/C15H14BrFO2/c1-18-13-7-11(8-14(9-13)19-2)15(16)10-3-5-12(17)6-4-10/h3-9,15H,1-2H3. The van der Waals surface area contributed by atoms with Crippen LogP contribution in [0.5, 0.6) is 11.5 Å². The third-order valence-corrected chi connectivity index (χ3v) is 3.89. The minimum atomic E-state index is -0.244. The molecule has 1 atom stereocenters. The molecule has 2 aromatic rings. The van der Waals surface area contributed by atoms with Crippen LogP contribution < -0.4 is 9.47 Å². The zero-order chi connectivity index (χ0) is 13.8. The fourth-order valence-corrected chi connectivity index (χ4v) is 2.37. The Labute approximate surface area is 120 Å². The average Bonchev–Trinajstić information content (AvgIpc) is 2.46. The van der Waals surface area contributed by atoms with E-state index in [1.54, 1.807) is 26.4 Å². The van der Waals surface area contributed by atoms with Crippen LogP contribution in [0.4, 0.5) is 4.39 Å². The lowest BCUT2D eigenvalue weighted by Gasteiger charge is -2.14. The highest BCUT2D eigenvalue weighted by Gasteiger charge is 2.13. The smallest absolute Gasteiger partial charge is 0.123 e. The Balaban J connectivity index is 2.37. The average molecular weight is 325 g/mol. The van der Waals surface area contributed by atoms with Crippen molar-refractivity contribution in [2.45, 2.75) is 4.83 Å². The van der Waals surface area contributed by atoms with Gasteiger partial charge in [-0.05, 0) is 35.4 Å². The van der Waals surface area contributed by atoms with Crippen molar-refractivity contribution < 1.29 is 13.9 Å². The second-order valence-corrected chi connectivity index (χ2v) is 4.98. The van der Waals surface area contributed by atoms with Crippen molar-refractivity contribution in [1.82, 2.24) is 0 Å². The highest BCUT2D eigenvalue weighted by molar-refractivity contribution is 9.09. The molecule has 1 unspecified atom stereocenters. The fraction of sp³-hybridized carbons (Fsp3) is 0.200. The van der Waals surface area contributed by atoms with Gasteiger partial charge in [0.25, 0.3) is 0 Å². The van der Waals surface area contributed by atoms with Crippen molar-refractivity contribution in [3.8, 4) is 11.5 Å². The van der Waals surface area contributed by atoms with Crippen molar-refractivity contribution >= 4 is 15.9 Å².